The van der Waals surface area contributed by atoms with E-state index in [1.165, 1.54) is 12.8 Å². The van der Waals surface area contributed by atoms with Gasteiger partial charge in [0.05, 0.1) is 12.2 Å². The van der Waals surface area contributed by atoms with Crippen molar-refractivity contribution in [2.45, 2.75) is 77.9 Å². The van der Waals surface area contributed by atoms with Crippen molar-refractivity contribution in [3.05, 3.63) is 75.7 Å². The van der Waals surface area contributed by atoms with Gasteiger partial charge in [-0.05, 0) is 56.0 Å². The molecule has 0 saturated heterocycles. The first kappa shape index (κ1) is 26.8. The molecule has 7 heteroatoms. The molecule has 0 saturated carbocycles. The number of unbranched alkanes of at least 4 members (excludes halogenated alkanes) is 6. The summed E-state index contributed by atoms with van der Waals surface area (Å²) in [6.07, 6.45) is 3.86. The zero-order chi connectivity index (χ0) is 26.4. The average Bonchev–Trinajstić information content (AvgIpc) is 3.15. The van der Waals surface area contributed by atoms with Gasteiger partial charge in [-0.1, -0.05) is 57.2 Å². The second kappa shape index (κ2) is 11.9. The highest BCUT2D eigenvalue weighted by Gasteiger charge is 2.34. The molecular weight excluding hydrogens is 477 g/mol. The van der Waals surface area contributed by atoms with Crippen LogP contribution >= 0.6 is 0 Å². The van der Waals surface area contributed by atoms with E-state index in [4.69, 9.17) is 4.74 Å². The van der Waals surface area contributed by atoms with Gasteiger partial charge in [0, 0.05) is 40.1 Å². The van der Waals surface area contributed by atoms with Crippen LogP contribution < -0.4 is 10.3 Å². The fraction of sp³-hybridized carbons (Fsp3) is 0.433. The van der Waals surface area contributed by atoms with Crippen molar-refractivity contribution in [3.63, 3.8) is 0 Å². The van der Waals surface area contributed by atoms with Crippen LogP contribution in [-0.4, -0.2) is 16.2 Å². The normalized spacial score (nSPS) is 12.0. The summed E-state index contributed by atoms with van der Waals surface area (Å²) < 4.78 is 49.5. The number of halogens is 3. The number of para-hydroxylation sites is 1. The summed E-state index contributed by atoms with van der Waals surface area (Å²) in [5.74, 6) is 0.914. The van der Waals surface area contributed by atoms with E-state index in [0.717, 1.165) is 74.2 Å². The third-order valence-corrected chi connectivity index (χ3v) is 7.09. The number of ether oxygens (including phenoxy) is 1. The number of nitrogens with one attached hydrogen (secondary N) is 1. The van der Waals surface area contributed by atoms with Crippen molar-refractivity contribution in [2.75, 3.05) is 6.61 Å². The predicted octanol–water partition coefficient (Wildman–Crippen LogP) is 8.18. The van der Waals surface area contributed by atoms with Gasteiger partial charge in [0.2, 0.25) is 5.56 Å². The smallest absolute Gasteiger partial charge is 0.417 e. The monoisotopic (exact) mass is 512 g/mol. The van der Waals surface area contributed by atoms with Crippen LogP contribution in [0.3, 0.4) is 0 Å². The summed E-state index contributed by atoms with van der Waals surface area (Å²) in [5, 5.41) is 0.683. The first-order valence-corrected chi connectivity index (χ1v) is 13.2. The van der Waals surface area contributed by atoms with Gasteiger partial charge < -0.3 is 14.3 Å². The minimum absolute atomic E-state index is 0.0896. The molecule has 198 valence electrons. The van der Waals surface area contributed by atoms with Crippen LogP contribution in [0.2, 0.25) is 0 Å². The first-order chi connectivity index (χ1) is 17.8. The highest BCUT2D eigenvalue weighted by molar-refractivity contribution is 6.09. The Morgan fingerprint density at radius 2 is 1.57 bits per heavy atom. The molecule has 0 bridgehead atoms. The van der Waals surface area contributed by atoms with Crippen LogP contribution in [0.25, 0.3) is 21.8 Å². The number of benzene rings is 2. The Morgan fingerprint density at radius 1 is 0.892 bits per heavy atom. The Bertz CT molecular complexity index is 1390. The third-order valence-electron chi connectivity index (χ3n) is 7.09. The van der Waals surface area contributed by atoms with Crippen LogP contribution in [0, 0.1) is 6.92 Å². The van der Waals surface area contributed by atoms with Gasteiger partial charge in [0.15, 0.2) is 0 Å². The molecule has 0 aliphatic carbocycles. The lowest BCUT2D eigenvalue weighted by molar-refractivity contribution is -0.136. The molecule has 2 heterocycles. The van der Waals surface area contributed by atoms with Crippen molar-refractivity contribution in [3.8, 4) is 5.75 Å². The molecule has 0 spiro atoms. The molecule has 0 fully saturated rings. The quantitative estimate of drug-likeness (QED) is 0.195. The summed E-state index contributed by atoms with van der Waals surface area (Å²) in [4.78, 5) is 14.5. The molecule has 0 atom stereocenters. The Balaban J connectivity index is 1.36. The molecule has 4 nitrogen and oxygen atoms in total. The van der Waals surface area contributed by atoms with E-state index in [-0.39, 0.29) is 10.9 Å². The lowest BCUT2D eigenvalue weighted by atomic mass is 10.0. The number of hydrogen-bond donors (Lipinski definition) is 1. The summed E-state index contributed by atoms with van der Waals surface area (Å²) in [5.41, 5.74) is 1.34. The highest BCUT2D eigenvalue weighted by atomic mass is 19.4. The number of aromatic nitrogens is 2. The molecule has 0 radical (unpaired) electrons. The Labute approximate surface area is 215 Å². The molecule has 0 aliphatic rings. The summed E-state index contributed by atoms with van der Waals surface area (Å²) in [6.45, 7) is 5.44. The third kappa shape index (κ3) is 6.20. The van der Waals surface area contributed by atoms with Crippen LogP contribution in [-0.2, 0) is 19.1 Å². The molecule has 0 aliphatic heterocycles. The topological polar surface area (TPSA) is 47.0 Å². The Hall–Kier alpha value is -3.22. The van der Waals surface area contributed by atoms with E-state index in [1.807, 2.05) is 50.2 Å². The van der Waals surface area contributed by atoms with E-state index >= 15 is 0 Å². The van der Waals surface area contributed by atoms with Gasteiger partial charge >= 0.3 is 6.18 Å². The van der Waals surface area contributed by atoms with Gasteiger partial charge in [0.1, 0.15) is 5.75 Å². The van der Waals surface area contributed by atoms with Gasteiger partial charge in [-0.3, -0.25) is 4.79 Å². The fourth-order valence-electron chi connectivity index (χ4n) is 5.34. The summed E-state index contributed by atoms with van der Waals surface area (Å²) >= 11 is 0. The maximum atomic E-state index is 13.9. The van der Waals surface area contributed by atoms with E-state index in [9.17, 15) is 18.0 Å². The first-order valence-electron chi connectivity index (χ1n) is 13.2. The molecule has 1 N–H and O–H groups in total. The molecule has 0 amide bonds. The Kier molecular flexibility index (Phi) is 8.62. The molecule has 4 aromatic rings. The number of H-pyrrole nitrogens is 1. The number of alkyl halides is 3. The number of rotatable bonds is 12. The maximum absolute atomic E-state index is 13.9. The zero-order valence-corrected chi connectivity index (χ0v) is 21.6. The number of pyridine rings is 1. The summed E-state index contributed by atoms with van der Waals surface area (Å²) in [7, 11) is 0. The Morgan fingerprint density at radius 3 is 2.24 bits per heavy atom. The molecular formula is C30H35F3N2O2. The maximum Gasteiger partial charge on any atom is 0.417 e. The van der Waals surface area contributed by atoms with Crippen molar-refractivity contribution < 1.29 is 17.9 Å². The second-order valence-electron chi connectivity index (χ2n) is 9.64. The lowest BCUT2D eigenvalue weighted by Crippen LogP contribution is -2.14. The molecule has 2 aromatic carbocycles. The van der Waals surface area contributed by atoms with E-state index in [0.29, 0.717) is 11.5 Å². The number of nitrogens with zero attached hydrogens (tertiary/aromatic N) is 1. The number of aromatic amines is 1. The van der Waals surface area contributed by atoms with Crippen molar-refractivity contribution in [1.82, 2.24) is 9.55 Å². The number of fused-ring (bicyclic) bond motifs is 3. The number of hydrogen-bond acceptors (Lipinski definition) is 2. The van der Waals surface area contributed by atoms with E-state index in [2.05, 4.69) is 9.55 Å². The number of aryl methyl sites for hydroxylation is 2. The second-order valence-corrected chi connectivity index (χ2v) is 9.64. The van der Waals surface area contributed by atoms with E-state index in [1.54, 1.807) is 6.07 Å². The molecule has 37 heavy (non-hydrogen) atoms. The highest BCUT2D eigenvalue weighted by Crippen LogP contribution is 2.39. The minimum Gasteiger partial charge on any atom is -0.494 e. The summed E-state index contributed by atoms with van der Waals surface area (Å²) in [6, 6.07) is 14.0. The van der Waals surface area contributed by atoms with Gasteiger partial charge in [-0.2, -0.15) is 13.2 Å². The van der Waals surface area contributed by atoms with Crippen LogP contribution in [0.4, 0.5) is 13.2 Å². The molecule has 2 aromatic heterocycles. The van der Waals surface area contributed by atoms with Crippen LogP contribution in [0.1, 0.15) is 68.7 Å². The average molecular weight is 513 g/mol. The van der Waals surface area contributed by atoms with Gasteiger partial charge in [-0.15, -0.1) is 0 Å². The van der Waals surface area contributed by atoms with Crippen molar-refractivity contribution in [1.29, 1.82) is 0 Å². The minimum atomic E-state index is -4.60. The van der Waals surface area contributed by atoms with Gasteiger partial charge in [0.25, 0.3) is 0 Å². The van der Waals surface area contributed by atoms with Crippen LogP contribution in [0.15, 0.2) is 53.3 Å². The molecule has 4 rings (SSSR count). The zero-order valence-electron chi connectivity index (χ0n) is 21.6. The largest absolute Gasteiger partial charge is 0.494 e. The van der Waals surface area contributed by atoms with E-state index < -0.39 is 17.3 Å². The predicted molar refractivity (Wildman–Crippen MR) is 143 cm³/mol. The SMILES string of the molecule is CCc1c(C)c2c3c(C(F)(F)F)cc(=O)[nH]c3ccc2n1CCCCCCCCCOc1ccccc1. The standard InChI is InChI=1S/C30H35F3N2O2/c1-3-25-21(2)28-26(17-16-24-29(28)23(30(31,32)33)20-27(36)34-24)35(25)18-12-7-5-4-6-8-13-19-37-22-14-10-9-11-15-22/h9-11,14-17,20H,3-8,12-13,18-19H2,1-2H3,(H,34,36). The fourth-order valence-corrected chi connectivity index (χ4v) is 5.34. The molecule has 0 unspecified atom stereocenters. The van der Waals surface area contributed by atoms with Crippen molar-refractivity contribution in [2.24, 2.45) is 0 Å². The lowest BCUT2D eigenvalue weighted by Gasteiger charge is -2.12. The van der Waals surface area contributed by atoms with Crippen molar-refractivity contribution >= 4 is 21.8 Å². The van der Waals surface area contributed by atoms with Gasteiger partial charge in [-0.25, -0.2) is 0 Å². The van der Waals surface area contributed by atoms with Crippen LogP contribution in [0.5, 0.6) is 5.75 Å².